The summed E-state index contributed by atoms with van der Waals surface area (Å²) in [5.41, 5.74) is 0. The van der Waals surface area contributed by atoms with Crippen LogP contribution < -0.4 is 10.6 Å². The average Bonchev–Trinajstić information content (AvgIpc) is 2.82. The van der Waals surface area contributed by atoms with Gasteiger partial charge in [-0.05, 0) is 6.42 Å². The molecule has 0 spiro atoms. The van der Waals surface area contributed by atoms with Crippen LogP contribution in [0.4, 0.5) is 0 Å². The first-order valence-electron chi connectivity index (χ1n) is 11.9. The number of ether oxygens (including phenoxy) is 3. The Labute approximate surface area is 212 Å². The van der Waals surface area contributed by atoms with E-state index >= 15 is 0 Å². The number of Topliss-reactive ketones (excluding diaryl/α,β-unsaturated/α-hetero) is 1. The minimum atomic E-state index is -2.67. The molecular formula is C22H36N2O13. The fourth-order valence-electron chi connectivity index (χ4n) is 4.48. The molecule has 2 aliphatic rings. The number of carbonyl (C=O) groups excluding carboxylic acids is 3. The summed E-state index contributed by atoms with van der Waals surface area (Å²) in [7, 11) is 0. The van der Waals surface area contributed by atoms with Crippen LogP contribution in [0.3, 0.4) is 0 Å². The summed E-state index contributed by atoms with van der Waals surface area (Å²) >= 11 is 0. The molecule has 0 bridgehead atoms. The molecule has 15 heteroatoms. The number of hydrogen-bond acceptors (Lipinski definition) is 12. The number of amides is 2. The molecule has 15 nitrogen and oxygen atoms in total. The zero-order valence-corrected chi connectivity index (χ0v) is 20.8. The lowest BCUT2D eigenvalue weighted by molar-refractivity contribution is -0.316. The second-order valence-electron chi connectivity index (χ2n) is 9.22. The van der Waals surface area contributed by atoms with E-state index < -0.39 is 104 Å². The van der Waals surface area contributed by atoms with Crippen LogP contribution >= 0.6 is 0 Å². The van der Waals surface area contributed by atoms with Crippen molar-refractivity contribution in [2.75, 3.05) is 13.2 Å². The van der Waals surface area contributed by atoms with Crippen molar-refractivity contribution in [3.05, 3.63) is 0 Å². The Morgan fingerprint density at radius 1 is 1.14 bits per heavy atom. The van der Waals surface area contributed by atoms with Crippen LogP contribution in [0.5, 0.6) is 0 Å². The SMILES string of the molecule is CCC[C@H]1O[C@H](COC2(C(=O)O)CC(O)C(NC(C)=O)C([C@H](O)[C@H](O)CO)O2)C(=O)C(O)[C@H]1NC(C)=O. The van der Waals surface area contributed by atoms with Gasteiger partial charge in [-0.1, -0.05) is 13.3 Å². The molecule has 10 atom stereocenters. The van der Waals surface area contributed by atoms with Crippen molar-refractivity contribution in [1.82, 2.24) is 10.6 Å². The molecule has 0 aliphatic carbocycles. The molecule has 0 aromatic rings. The Balaban J connectivity index is 2.30. The molecule has 0 saturated carbocycles. The molecule has 0 aromatic carbocycles. The lowest BCUT2D eigenvalue weighted by atomic mass is 9.88. The number of carbonyl (C=O) groups is 4. The fourth-order valence-corrected chi connectivity index (χ4v) is 4.48. The van der Waals surface area contributed by atoms with E-state index in [4.69, 9.17) is 14.2 Å². The molecule has 2 saturated heterocycles. The first kappa shape index (κ1) is 31.0. The number of carboxylic acids is 1. The second kappa shape index (κ2) is 13.0. The molecule has 2 fully saturated rings. The van der Waals surface area contributed by atoms with E-state index in [1.807, 2.05) is 6.92 Å². The Bertz CT molecular complexity index is 841. The summed E-state index contributed by atoms with van der Waals surface area (Å²) in [6.45, 7) is 2.44. The highest BCUT2D eigenvalue weighted by molar-refractivity contribution is 5.89. The number of ketones is 1. The van der Waals surface area contributed by atoms with Crippen molar-refractivity contribution < 1.29 is 64.0 Å². The molecule has 0 radical (unpaired) electrons. The van der Waals surface area contributed by atoms with Gasteiger partial charge in [0.15, 0.2) is 5.78 Å². The molecule has 0 aromatic heterocycles. The quantitative estimate of drug-likeness (QED) is 0.126. The topological polar surface area (TPSA) is 241 Å². The van der Waals surface area contributed by atoms with Gasteiger partial charge in [-0.3, -0.25) is 14.4 Å². The zero-order valence-electron chi connectivity index (χ0n) is 20.8. The Morgan fingerprint density at radius 2 is 1.73 bits per heavy atom. The van der Waals surface area contributed by atoms with E-state index in [0.29, 0.717) is 12.8 Å². The molecule has 5 unspecified atom stereocenters. The maximum atomic E-state index is 12.8. The van der Waals surface area contributed by atoms with Crippen LogP contribution in [-0.2, 0) is 33.4 Å². The highest BCUT2D eigenvalue weighted by Crippen LogP contribution is 2.34. The minimum Gasteiger partial charge on any atom is -0.477 e. The summed E-state index contributed by atoms with van der Waals surface area (Å²) in [5.74, 6) is -6.45. The van der Waals surface area contributed by atoms with E-state index in [1.54, 1.807) is 0 Å². The number of nitrogens with one attached hydrogen (secondary N) is 2. The van der Waals surface area contributed by atoms with E-state index in [0.717, 1.165) is 6.92 Å². The van der Waals surface area contributed by atoms with Crippen LogP contribution in [0.25, 0.3) is 0 Å². The normalized spacial score (nSPS) is 35.9. The van der Waals surface area contributed by atoms with Crippen molar-refractivity contribution in [1.29, 1.82) is 0 Å². The van der Waals surface area contributed by atoms with Gasteiger partial charge in [0.2, 0.25) is 11.8 Å². The van der Waals surface area contributed by atoms with Gasteiger partial charge in [0.25, 0.3) is 5.79 Å². The maximum absolute atomic E-state index is 12.8. The van der Waals surface area contributed by atoms with Crippen LogP contribution in [0.15, 0.2) is 0 Å². The Kier molecular flexibility index (Phi) is 10.9. The minimum absolute atomic E-state index is 0.344. The van der Waals surface area contributed by atoms with Crippen molar-refractivity contribution in [3.63, 3.8) is 0 Å². The largest absolute Gasteiger partial charge is 0.477 e. The van der Waals surface area contributed by atoms with Crippen LogP contribution in [-0.4, -0.2) is 128 Å². The van der Waals surface area contributed by atoms with E-state index in [9.17, 15) is 49.8 Å². The summed E-state index contributed by atoms with van der Waals surface area (Å²) in [6.07, 6.45) is -11.0. The maximum Gasteiger partial charge on any atom is 0.364 e. The molecule has 2 amide bonds. The first-order valence-corrected chi connectivity index (χ1v) is 11.9. The van der Waals surface area contributed by atoms with Crippen molar-refractivity contribution in [2.24, 2.45) is 0 Å². The third-order valence-electron chi connectivity index (χ3n) is 6.29. The third-order valence-corrected chi connectivity index (χ3v) is 6.29. The molecular weight excluding hydrogens is 500 g/mol. The monoisotopic (exact) mass is 536 g/mol. The van der Waals surface area contributed by atoms with Gasteiger partial charge in [0.05, 0.1) is 37.5 Å². The molecule has 2 aliphatic heterocycles. The lowest BCUT2D eigenvalue weighted by Crippen LogP contribution is -2.68. The van der Waals surface area contributed by atoms with Gasteiger partial charge in [-0.2, -0.15) is 0 Å². The standard InChI is InChI=1S/C22H36N2O13/c1-4-5-13-16(24-10(3)27)19(32)18(31)14(36-13)8-35-22(21(33)34)6-11(28)15(23-9(2)26)20(37-22)17(30)12(29)7-25/h11-17,19-20,25,28-30,32H,4-8H2,1-3H3,(H,23,26)(H,24,27)(H,33,34)/t11?,12-,13-,14-,15?,16+,17-,19?,20?,22?/m1/s1. The number of aliphatic hydroxyl groups excluding tert-OH is 5. The van der Waals surface area contributed by atoms with Gasteiger partial charge in [-0.25, -0.2) is 4.79 Å². The number of hydrogen-bond donors (Lipinski definition) is 8. The molecule has 2 rings (SSSR count). The van der Waals surface area contributed by atoms with Crippen molar-refractivity contribution >= 4 is 23.6 Å². The first-order chi connectivity index (χ1) is 17.3. The third kappa shape index (κ3) is 7.20. The molecule has 37 heavy (non-hydrogen) atoms. The van der Waals surface area contributed by atoms with Gasteiger partial charge in [0, 0.05) is 20.3 Å². The lowest BCUT2D eigenvalue weighted by Gasteiger charge is -2.47. The highest BCUT2D eigenvalue weighted by Gasteiger charge is 2.56. The molecule has 212 valence electrons. The van der Waals surface area contributed by atoms with Gasteiger partial charge >= 0.3 is 5.97 Å². The van der Waals surface area contributed by atoms with Crippen LogP contribution in [0.2, 0.25) is 0 Å². The molecule has 2 heterocycles. The van der Waals surface area contributed by atoms with E-state index in [-0.39, 0.29) is 0 Å². The fraction of sp³-hybridized carbons (Fsp3) is 0.818. The van der Waals surface area contributed by atoms with Crippen molar-refractivity contribution in [3.8, 4) is 0 Å². The summed E-state index contributed by atoms with van der Waals surface area (Å²) < 4.78 is 16.7. The summed E-state index contributed by atoms with van der Waals surface area (Å²) in [4.78, 5) is 48.2. The van der Waals surface area contributed by atoms with Crippen LogP contribution in [0.1, 0.15) is 40.0 Å². The van der Waals surface area contributed by atoms with Gasteiger partial charge < -0.3 is 55.5 Å². The highest BCUT2D eigenvalue weighted by atomic mass is 16.7. The average molecular weight is 537 g/mol. The Morgan fingerprint density at radius 3 is 2.24 bits per heavy atom. The number of rotatable bonds is 11. The number of aliphatic hydroxyl groups is 5. The zero-order chi connectivity index (χ0) is 28.1. The number of carboxylic acid groups (broad SMARTS) is 1. The van der Waals surface area contributed by atoms with E-state index in [2.05, 4.69) is 10.6 Å². The predicted molar refractivity (Wildman–Crippen MR) is 121 cm³/mol. The van der Waals surface area contributed by atoms with E-state index in [1.165, 1.54) is 6.92 Å². The van der Waals surface area contributed by atoms with Crippen molar-refractivity contribution in [2.45, 2.75) is 101 Å². The number of aliphatic carboxylic acids is 1. The van der Waals surface area contributed by atoms with Crippen LogP contribution in [0, 0.1) is 0 Å². The molecule has 8 N–H and O–H groups in total. The Hall–Kier alpha value is -2.24. The summed E-state index contributed by atoms with van der Waals surface area (Å²) in [5, 5.41) is 65.5. The van der Waals surface area contributed by atoms with Gasteiger partial charge in [-0.15, -0.1) is 0 Å². The summed E-state index contributed by atoms with van der Waals surface area (Å²) in [6, 6.07) is -2.41. The van der Waals surface area contributed by atoms with Gasteiger partial charge in [0.1, 0.15) is 30.5 Å². The predicted octanol–water partition coefficient (Wildman–Crippen LogP) is -3.85. The smallest absolute Gasteiger partial charge is 0.364 e. The second-order valence-corrected chi connectivity index (χ2v) is 9.22.